The zero-order chi connectivity index (χ0) is 18.8. The third-order valence-electron chi connectivity index (χ3n) is 5.02. The summed E-state index contributed by atoms with van der Waals surface area (Å²) in [6.45, 7) is 4.41. The molecule has 0 spiro atoms. The van der Waals surface area contributed by atoms with Crippen molar-refractivity contribution in [3.8, 4) is 10.7 Å². The van der Waals surface area contributed by atoms with Crippen LogP contribution in [-0.4, -0.2) is 57.3 Å². The number of carbonyl (C=O) groups excluding carboxylic acids is 1. The van der Waals surface area contributed by atoms with Gasteiger partial charge in [0.15, 0.2) is 11.5 Å². The smallest absolute Gasteiger partial charge is 0.227 e. The number of aromatic nitrogens is 4. The molecule has 7 nitrogen and oxygen atoms in total. The summed E-state index contributed by atoms with van der Waals surface area (Å²) >= 11 is 1.61. The van der Waals surface area contributed by atoms with Crippen LogP contribution in [0.2, 0.25) is 0 Å². The number of thiophene rings is 1. The standard InChI is InChI=1S/C19H24N6OS/c1-14(19(26)24-10-4-3-5-11-24)13-23(2)17-9-8-16-20-21-18(25(16)22-17)15-7-6-12-27-15/h6-9,12,14H,3-5,10-11,13H2,1-2H3. The third kappa shape index (κ3) is 3.66. The van der Waals surface area contributed by atoms with E-state index in [-0.39, 0.29) is 11.8 Å². The SMILES string of the molecule is CC(CN(C)c1ccc2nnc(-c3cccs3)n2n1)C(=O)N1CCCCC1. The first-order valence-electron chi connectivity index (χ1n) is 9.40. The third-order valence-corrected chi connectivity index (χ3v) is 5.88. The second kappa shape index (κ2) is 7.64. The normalized spacial score (nSPS) is 15.9. The lowest BCUT2D eigenvalue weighted by atomic mass is 10.1. The predicted molar refractivity (Wildman–Crippen MR) is 107 cm³/mol. The summed E-state index contributed by atoms with van der Waals surface area (Å²) in [4.78, 5) is 17.8. The molecule has 0 saturated carbocycles. The number of hydrogen-bond donors (Lipinski definition) is 0. The monoisotopic (exact) mass is 384 g/mol. The average molecular weight is 385 g/mol. The Balaban J connectivity index is 1.51. The summed E-state index contributed by atoms with van der Waals surface area (Å²) in [6, 6.07) is 7.85. The van der Waals surface area contributed by atoms with E-state index in [1.54, 1.807) is 15.9 Å². The highest BCUT2D eigenvalue weighted by atomic mass is 32.1. The first-order valence-corrected chi connectivity index (χ1v) is 10.3. The van der Waals surface area contributed by atoms with Crippen LogP contribution in [0.4, 0.5) is 5.82 Å². The highest BCUT2D eigenvalue weighted by molar-refractivity contribution is 7.13. The van der Waals surface area contributed by atoms with E-state index in [1.165, 1.54) is 6.42 Å². The van der Waals surface area contributed by atoms with Gasteiger partial charge < -0.3 is 9.80 Å². The number of fused-ring (bicyclic) bond motifs is 1. The van der Waals surface area contributed by atoms with Crippen LogP contribution < -0.4 is 4.90 Å². The number of rotatable bonds is 5. The van der Waals surface area contributed by atoms with Gasteiger partial charge in [-0.3, -0.25) is 4.79 Å². The van der Waals surface area contributed by atoms with Crippen molar-refractivity contribution in [1.82, 2.24) is 24.7 Å². The van der Waals surface area contributed by atoms with Crippen molar-refractivity contribution in [2.45, 2.75) is 26.2 Å². The molecule has 1 saturated heterocycles. The molecule has 0 aliphatic carbocycles. The first kappa shape index (κ1) is 17.9. The molecule has 8 heteroatoms. The Labute approximate surface area is 162 Å². The van der Waals surface area contributed by atoms with E-state index in [9.17, 15) is 4.79 Å². The molecule has 1 fully saturated rings. The maximum atomic E-state index is 12.7. The summed E-state index contributed by atoms with van der Waals surface area (Å²) in [5.41, 5.74) is 0.716. The molecule has 1 aliphatic heterocycles. The summed E-state index contributed by atoms with van der Waals surface area (Å²) in [5.74, 6) is 1.72. The molecule has 0 N–H and O–H groups in total. The molecule has 0 radical (unpaired) electrons. The van der Waals surface area contributed by atoms with Crippen LogP contribution in [-0.2, 0) is 4.79 Å². The molecule has 1 amide bonds. The number of likely N-dealkylation sites (tertiary alicyclic amines) is 1. The molecular weight excluding hydrogens is 360 g/mol. The maximum Gasteiger partial charge on any atom is 0.227 e. The van der Waals surface area contributed by atoms with E-state index >= 15 is 0 Å². The molecule has 3 aromatic heterocycles. The van der Waals surface area contributed by atoms with Gasteiger partial charge in [-0.05, 0) is 42.8 Å². The van der Waals surface area contributed by atoms with Crippen LogP contribution in [0, 0.1) is 5.92 Å². The minimum absolute atomic E-state index is 0.0664. The Hall–Kier alpha value is -2.48. The number of carbonyl (C=O) groups is 1. The number of amides is 1. The number of nitrogens with zero attached hydrogens (tertiary/aromatic N) is 6. The number of piperidine rings is 1. The Bertz CT molecular complexity index is 916. The van der Waals surface area contributed by atoms with Crippen LogP contribution in [0.1, 0.15) is 26.2 Å². The van der Waals surface area contributed by atoms with Crippen molar-refractivity contribution in [3.05, 3.63) is 29.6 Å². The Kier molecular flexibility index (Phi) is 5.07. The van der Waals surface area contributed by atoms with E-state index < -0.39 is 0 Å². The molecule has 4 heterocycles. The molecular formula is C19H24N6OS. The molecule has 1 unspecified atom stereocenters. The molecule has 27 heavy (non-hydrogen) atoms. The molecule has 1 atom stereocenters. The molecule has 1 aliphatic rings. The van der Waals surface area contributed by atoms with E-state index in [1.807, 2.05) is 53.4 Å². The van der Waals surface area contributed by atoms with Gasteiger partial charge in [0, 0.05) is 26.7 Å². The summed E-state index contributed by atoms with van der Waals surface area (Å²) in [6.07, 6.45) is 3.46. The lowest BCUT2D eigenvalue weighted by Gasteiger charge is -2.31. The topological polar surface area (TPSA) is 66.6 Å². The summed E-state index contributed by atoms with van der Waals surface area (Å²) in [5, 5.41) is 15.2. The largest absolute Gasteiger partial charge is 0.357 e. The van der Waals surface area contributed by atoms with Crippen molar-refractivity contribution in [2.24, 2.45) is 5.92 Å². The van der Waals surface area contributed by atoms with Gasteiger partial charge in [0.25, 0.3) is 0 Å². The Morgan fingerprint density at radius 3 is 2.78 bits per heavy atom. The van der Waals surface area contributed by atoms with E-state index in [4.69, 9.17) is 5.10 Å². The van der Waals surface area contributed by atoms with Crippen molar-refractivity contribution in [1.29, 1.82) is 0 Å². The fraction of sp³-hybridized carbons (Fsp3) is 0.474. The lowest BCUT2D eigenvalue weighted by Crippen LogP contribution is -2.42. The zero-order valence-corrected chi connectivity index (χ0v) is 16.5. The van der Waals surface area contributed by atoms with E-state index in [0.717, 1.165) is 42.5 Å². The van der Waals surface area contributed by atoms with Gasteiger partial charge in [0.1, 0.15) is 5.82 Å². The number of hydrogen-bond acceptors (Lipinski definition) is 6. The van der Waals surface area contributed by atoms with E-state index in [2.05, 4.69) is 10.2 Å². The molecule has 0 aromatic carbocycles. The van der Waals surface area contributed by atoms with Crippen molar-refractivity contribution < 1.29 is 4.79 Å². The first-order chi connectivity index (χ1) is 13.1. The van der Waals surface area contributed by atoms with Gasteiger partial charge >= 0.3 is 0 Å². The molecule has 3 aromatic rings. The molecule has 4 rings (SSSR count). The molecule has 142 valence electrons. The van der Waals surface area contributed by atoms with Crippen LogP contribution >= 0.6 is 11.3 Å². The predicted octanol–water partition coefficient (Wildman–Crippen LogP) is 2.94. The van der Waals surface area contributed by atoms with Gasteiger partial charge in [-0.15, -0.1) is 26.6 Å². The van der Waals surface area contributed by atoms with Crippen molar-refractivity contribution >= 4 is 28.7 Å². The van der Waals surface area contributed by atoms with E-state index in [0.29, 0.717) is 12.2 Å². The fourth-order valence-corrected chi connectivity index (χ4v) is 4.24. The maximum absolute atomic E-state index is 12.7. The Morgan fingerprint density at radius 1 is 1.22 bits per heavy atom. The van der Waals surface area contributed by atoms with Gasteiger partial charge in [-0.1, -0.05) is 13.0 Å². The Morgan fingerprint density at radius 2 is 2.04 bits per heavy atom. The minimum atomic E-state index is -0.0664. The van der Waals surface area contributed by atoms with Crippen LogP contribution in [0.15, 0.2) is 29.6 Å². The zero-order valence-electron chi connectivity index (χ0n) is 15.7. The van der Waals surface area contributed by atoms with Crippen LogP contribution in [0.25, 0.3) is 16.3 Å². The van der Waals surface area contributed by atoms with Crippen LogP contribution in [0.3, 0.4) is 0 Å². The number of anilines is 1. The molecule has 0 bridgehead atoms. The summed E-state index contributed by atoms with van der Waals surface area (Å²) in [7, 11) is 1.98. The average Bonchev–Trinajstić information content (AvgIpc) is 3.36. The quantitative estimate of drug-likeness (QED) is 0.677. The second-order valence-corrected chi connectivity index (χ2v) is 8.08. The fourth-order valence-electron chi connectivity index (χ4n) is 3.55. The highest BCUT2D eigenvalue weighted by Crippen LogP contribution is 2.24. The minimum Gasteiger partial charge on any atom is -0.357 e. The van der Waals surface area contributed by atoms with Gasteiger partial charge in [-0.25, -0.2) is 0 Å². The van der Waals surface area contributed by atoms with Gasteiger partial charge in [0.2, 0.25) is 5.91 Å². The van der Waals surface area contributed by atoms with Crippen molar-refractivity contribution in [2.75, 3.05) is 31.6 Å². The van der Waals surface area contributed by atoms with Gasteiger partial charge in [0.05, 0.1) is 10.8 Å². The lowest BCUT2D eigenvalue weighted by molar-refractivity contribution is -0.135. The second-order valence-electron chi connectivity index (χ2n) is 7.13. The van der Waals surface area contributed by atoms with Gasteiger partial charge in [-0.2, -0.15) is 4.52 Å². The van der Waals surface area contributed by atoms with Crippen molar-refractivity contribution in [3.63, 3.8) is 0 Å². The summed E-state index contributed by atoms with van der Waals surface area (Å²) < 4.78 is 1.77. The highest BCUT2D eigenvalue weighted by Gasteiger charge is 2.23. The van der Waals surface area contributed by atoms with Crippen LogP contribution in [0.5, 0.6) is 0 Å².